The number of pyridine rings is 1. The summed E-state index contributed by atoms with van der Waals surface area (Å²) in [6, 6.07) is 2.30. The molecule has 1 saturated heterocycles. The Morgan fingerprint density at radius 3 is 2.83 bits per heavy atom. The maximum atomic E-state index is 11.9. The van der Waals surface area contributed by atoms with Gasteiger partial charge in [-0.05, 0) is 28.1 Å². The molecule has 3 amide bonds. The van der Waals surface area contributed by atoms with Crippen LogP contribution in [0.1, 0.15) is 16.8 Å². The van der Waals surface area contributed by atoms with Crippen molar-refractivity contribution in [2.45, 2.75) is 12.5 Å². The van der Waals surface area contributed by atoms with Gasteiger partial charge < -0.3 is 5.32 Å². The highest BCUT2D eigenvalue weighted by Crippen LogP contribution is 2.12. The number of nitrogens with one attached hydrogen (secondary N) is 1. The molecule has 1 aliphatic heterocycles. The SMILES string of the molecule is CN1C(=O)CC(NC(=O)c2ccnc(Br)c2)C1=O. The van der Waals surface area contributed by atoms with Gasteiger partial charge in [-0.3, -0.25) is 19.3 Å². The molecular weight excluding hydrogens is 302 g/mol. The minimum atomic E-state index is -0.776. The molecule has 0 aliphatic carbocycles. The van der Waals surface area contributed by atoms with E-state index >= 15 is 0 Å². The second-order valence-corrected chi connectivity index (χ2v) is 4.70. The molecule has 7 heteroatoms. The fourth-order valence-corrected chi connectivity index (χ4v) is 2.02. The van der Waals surface area contributed by atoms with Crippen molar-refractivity contribution in [2.24, 2.45) is 0 Å². The van der Waals surface area contributed by atoms with Gasteiger partial charge in [-0.15, -0.1) is 0 Å². The molecule has 2 rings (SSSR count). The predicted molar refractivity (Wildman–Crippen MR) is 65.6 cm³/mol. The molecule has 6 nitrogen and oxygen atoms in total. The lowest BCUT2D eigenvalue weighted by Gasteiger charge is -2.11. The molecule has 1 unspecified atom stereocenters. The second-order valence-electron chi connectivity index (χ2n) is 3.89. The van der Waals surface area contributed by atoms with Crippen molar-refractivity contribution in [1.29, 1.82) is 0 Å². The third-order valence-electron chi connectivity index (χ3n) is 2.68. The van der Waals surface area contributed by atoms with E-state index in [0.29, 0.717) is 10.2 Å². The van der Waals surface area contributed by atoms with Crippen molar-refractivity contribution in [3.8, 4) is 0 Å². The number of likely N-dealkylation sites (N-methyl/N-ethyl adjacent to an activating group) is 1. The normalized spacial score (nSPS) is 19.2. The van der Waals surface area contributed by atoms with Crippen LogP contribution < -0.4 is 5.32 Å². The average molecular weight is 312 g/mol. The van der Waals surface area contributed by atoms with E-state index in [-0.39, 0.29) is 18.2 Å². The molecule has 0 aromatic carbocycles. The highest BCUT2D eigenvalue weighted by Gasteiger charge is 2.36. The fourth-order valence-electron chi connectivity index (χ4n) is 1.65. The molecule has 0 bridgehead atoms. The Bertz CT molecular complexity index is 532. The zero-order valence-electron chi connectivity index (χ0n) is 9.51. The van der Waals surface area contributed by atoms with Crippen molar-refractivity contribution in [2.75, 3.05) is 7.05 Å². The third-order valence-corrected chi connectivity index (χ3v) is 3.11. The van der Waals surface area contributed by atoms with Gasteiger partial charge in [0.25, 0.3) is 11.8 Å². The number of halogens is 1. The number of hydrogen-bond acceptors (Lipinski definition) is 4. The molecule has 1 aromatic heterocycles. The number of carbonyl (C=O) groups excluding carboxylic acids is 3. The molecule has 0 radical (unpaired) electrons. The summed E-state index contributed by atoms with van der Waals surface area (Å²) in [6.45, 7) is 0. The Hall–Kier alpha value is -1.76. The maximum absolute atomic E-state index is 11.9. The molecule has 1 fully saturated rings. The Morgan fingerprint density at radius 1 is 1.56 bits per heavy atom. The number of amides is 3. The van der Waals surface area contributed by atoms with E-state index in [9.17, 15) is 14.4 Å². The van der Waals surface area contributed by atoms with Gasteiger partial charge in [-0.25, -0.2) is 4.98 Å². The predicted octanol–water partition coefficient (Wildman–Crippen LogP) is 0.331. The Balaban J connectivity index is 2.09. The Kier molecular flexibility index (Phi) is 3.42. The van der Waals surface area contributed by atoms with Crippen LogP contribution in [0.2, 0.25) is 0 Å². The molecule has 0 saturated carbocycles. The van der Waals surface area contributed by atoms with Gasteiger partial charge in [0.1, 0.15) is 10.6 Å². The number of rotatable bonds is 2. The summed E-state index contributed by atoms with van der Waals surface area (Å²) in [6.07, 6.45) is 1.49. The summed E-state index contributed by atoms with van der Waals surface area (Å²) >= 11 is 3.15. The van der Waals surface area contributed by atoms with Gasteiger partial charge in [-0.2, -0.15) is 0 Å². The number of nitrogens with zero attached hydrogens (tertiary/aromatic N) is 2. The molecule has 2 heterocycles. The van der Waals surface area contributed by atoms with Crippen molar-refractivity contribution < 1.29 is 14.4 Å². The standard InChI is InChI=1S/C11H10BrN3O3/c1-15-9(16)5-7(11(15)18)14-10(17)6-2-3-13-8(12)4-6/h2-4,7H,5H2,1H3,(H,14,17). The first-order chi connectivity index (χ1) is 8.49. The largest absolute Gasteiger partial charge is 0.340 e. The monoisotopic (exact) mass is 311 g/mol. The number of imide groups is 1. The quantitative estimate of drug-likeness (QED) is 0.630. The molecule has 94 valence electrons. The van der Waals surface area contributed by atoms with Gasteiger partial charge in [0.2, 0.25) is 5.91 Å². The van der Waals surface area contributed by atoms with E-state index < -0.39 is 11.9 Å². The van der Waals surface area contributed by atoms with Crippen molar-refractivity contribution in [3.05, 3.63) is 28.5 Å². The summed E-state index contributed by atoms with van der Waals surface area (Å²) in [4.78, 5) is 39.7. The minimum Gasteiger partial charge on any atom is -0.340 e. The van der Waals surface area contributed by atoms with Crippen LogP contribution in [0.3, 0.4) is 0 Å². The number of hydrogen-bond donors (Lipinski definition) is 1. The summed E-state index contributed by atoms with van der Waals surface area (Å²) < 4.78 is 0.529. The van der Waals surface area contributed by atoms with E-state index in [2.05, 4.69) is 26.2 Å². The van der Waals surface area contributed by atoms with Gasteiger partial charge >= 0.3 is 0 Å². The first-order valence-corrected chi connectivity index (χ1v) is 6.01. The van der Waals surface area contributed by atoms with E-state index in [0.717, 1.165) is 4.90 Å². The van der Waals surface area contributed by atoms with E-state index in [4.69, 9.17) is 0 Å². The zero-order valence-corrected chi connectivity index (χ0v) is 11.1. The molecule has 1 aliphatic rings. The summed E-state index contributed by atoms with van der Waals surface area (Å²) in [5.74, 6) is -1.08. The summed E-state index contributed by atoms with van der Waals surface area (Å²) in [7, 11) is 1.40. The Morgan fingerprint density at radius 2 is 2.28 bits per heavy atom. The molecule has 1 atom stereocenters. The van der Waals surface area contributed by atoms with Crippen LogP contribution in [0.15, 0.2) is 22.9 Å². The highest BCUT2D eigenvalue weighted by atomic mass is 79.9. The topological polar surface area (TPSA) is 79.4 Å². The van der Waals surface area contributed by atoms with Crippen LogP contribution in [-0.2, 0) is 9.59 Å². The lowest BCUT2D eigenvalue weighted by atomic mass is 10.2. The maximum Gasteiger partial charge on any atom is 0.252 e. The zero-order chi connectivity index (χ0) is 13.3. The number of likely N-dealkylation sites (tertiary alicyclic amines) is 1. The molecular formula is C11H10BrN3O3. The lowest BCUT2D eigenvalue weighted by Crippen LogP contribution is -2.40. The molecule has 18 heavy (non-hydrogen) atoms. The molecule has 1 N–H and O–H groups in total. The van der Waals surface area contributed by atoms with E-state index in [1.54, 1.807) is 6.07 Å². The first-order valence-electron chi connectivity index (χ1n) is 5.22. The smallest absolute Gasteiger partial charge is 0.252 e. The molecule has 1 aromatic rings. The minimum absolute atomic E-state index is 0.00727. The average Bonchev–Trinajstić information content (AvgIpc) is 2.57. The second kappa shape index (κ2) is 4.85. The van der Waals surface area contributed by atoms with Crippen molar-refractivity contribution in [1.82, 2.24) is 15.2 Å². The van der Waals surface area contributed by atoms with Crippen LogP contribution in [0.4, 0.5) is 0 Å². The van der Waals surface area contributed by atoms with Crippen LogP contribution in [0.5, 0.6) is 0 Å². The lowest BCUT2D eigenvalue weighted by molar-refractivity contribution is -0.137. The summed E-state index contributed by atoms with van der Waals surface area (Å²) in [5.41, 5.74) is 0.381. The van der Waals surface area contributed by atoms with E-state index in [1.165, 1.54) is 19.3 Å². The van der Waals surface area contributed by atoms with Gasteiger partial charge in [-0.1, -0.05) is 0 Å². The van der Waals surface area contributed by atoms with Gasteiger partial charge in [0, 0.05) is 18.8 Å². The molecule has 0 spiro atoms. The van der Waals surface area contributed by atoms with Crippen LogP contribution in [0, 0.1) is 0 Å². The Labute approximate surface area is 111 Å². The van der Waals surface area contributed by atoms with Crippen LogP contribution in [0.25, 0.3) is 0 Å². The van der Waals surface area contributed by atoms with E-state index in [1.807, 2.05) is 0 Å². The van der Waals surface area contributed by atoms with Gasteiger partial charge in [0.15, 0.2) is 0 Å². The summed E-state index contributed by atoms with van der Waals surface area (Å²) in [5, 5.41) is 2.53. The van der Waals surface area contributed by atoms with Crippen LogP contribution in [-0.4, -0.2) is 40.7 Å². The highest BCUT2D eigenvalue weighted by molar-refractivity contribution is 9.10. The number of carbonyl (C=O) groups is 3. The van der Waals surface area contributed by atoms with Crippen molar-refractivity contribution in [3.63, 3.8) is 0 Å². The third kappa shape index (κ3) is 2.40. The van der Waals surface area contributed by atoms with Gasteiger partial charge in [0.05, 0.1) is 6.42 Å². The van der Waals surface area contributed by atoms with Crippen LogP contribution >= 0.6 is 15.9 Å². The van der Waals surface area contributed by atoms with Crippen molar-refractivity contribution >= 4 is 33.7 Å². The fraction of sp³-hybridized carbons (Fsp3) is 0.273. The number of aromatic nitrogens is 1. The first kappa shape index (κ1) is 12.7.